The Hall–Kier alpha value is -1.84. The third-order valence-corrected chi connectivity index (χ3v) is 3.77. The van der Waals surface area contributed by atoms with Gasteiger partial charge in [-0.2, -0.15) is 0 Å². The summed E-state index contributed by atoms with van der Waals surface area (Å²) in [4.78, 5) is 23.8. The maximum Gasteiger partial charge on any atom is 0.251 e. The standard InChI is InChI=1S/C16H22N2O2/c1-12-7-5-6-10-14(12)16(20)17-11-15(19)18-13-8-3-2-4-9-13/h5-7,10,13H,2-4,8-9,11H2,1H3,(H,17,20)(H,18,19). The summed E-state index contributed by atoms with van der Waals surface area (Å²) in [5.74, 6) is -0.291. The molecule has 0 atom stereocenters. The highest BCUT2D eigenvalue weighted by molar-refractivity contribution is 5.97. The van der Waals surface area contributed by atoms with Gasteiger partial charge in [-0.05, 0) is 31.4 Å². The van der Waals surface area contributed by atoms with Crippen molar-refractivity contribution in [2.45, 2.75) is 45.1 Å². The van der Waals surface area contributed by atoms with E-state index in [2.05, 4.69) is 10.6 Å². The molecule has 0 unspecified atom stereocenters. The van der Waals surface area contributed by atoms with Crippen molar-refractivity contribution >= 4 is 11.8 Å². The van der Waals surface area contributed by atoms with Gasteiger partial charge >= 0.3 is 0 Å². The molecule has 0 aliphatic heterocycles. The van der Waals surface area contributed by atoms with Gasteiger partial charge < -0.3 is 10.6 Å². The molecule has 0 saturated heterocycles. The zero-order valence-corrected chi connectivity index (χ0v) is 11.9. The summed E-state index contributed by atoms with van der Waals surface area (Å²) in [6.07, 6.45) is 5.73. The summed E-state index contributed by atoms with van der Waals surface area (Å²) in [6, 6.07) is 7.65. The van der Waals surface area contributed by atoms with Crippen LogP contribution in [-0.4, -0.2) is 24.4 Å². The monoisotopic (exact) mass is 274 g/mol. The average Bonchev–Trinajstić information content (AvgIpc) is 2.46. The first-order valence-corrected chi connectivity index (χ1v) is 7.30. The van der Waals surface area contributed by atoms with Gasteiger partial charge in [0.05, 0.1) is 6.54 Å². The highest BCUT2D eigenvalue weighted by Gasteiger charge is 2.16. The zero-order valence-electron chi connectivity index (χ0n) is 11.9. The largest absolute Gasteiger partial charge is 0.352 e. The fraction of sp³-hybridized carbons (Fsp3) is 0.500. The van der Waals surface area contributed by atoms with Gasteiger partial charge in [-0.15, -0.1) is 0 Å². The lowest BCUT2D eigenvalue weighted by Gasteiger charge is -2.22. The summed E-state index contributed by atoms with van der Waals surface area (Å²) >= 11 is 0. The molecular weight excluding hydrogens is 252 g/mol. The summed E-state index contributed by atoms with van der Waals surface area (Å²) in [5, 5.41) is 5.66. The smallest absolute Gasteiger partial charge is 0.251 e. The lowest BCUT2D eigenvalue weighted by atomic mass is 9.95. The Bertz CT molecular complexity index is 479. The molecule has 108 valence electrons. The summed E-state index contributed by atoms with van der Waals surface area (Å²) in [7, 11) is 0. The quantitative estimate of drug-likeness (QED) is 0.884. The maximum atomic E-state index is 12.0. The molecule has 0 aromatic heterocycles. The normalized spacial score (nSPS) is 15.7. The minimum atomic E-state index is -0.193. The first kappa shape index (κ1) is 14.6. The Morgan fingerprint density at radius 2 is 1.85 bits per heavy atom. The Balaban J connectivity index is 1.78. The van der Waals surface area contributed by atoms with E-state index in [1.165, 1.54) is 19.3 Å². The predicted octanol–water partition coefficient (Wildman–Crippen LogP) is 2.17. The number of aryl methyl sites for hydroxylation is 1. The number of rotatable bonds is 4. The highest BCUT2D eigenvalue weighted by atomic mass is 16.2. The molecule has 1 aromatic carbocycles. The molecule has 0 radical (unpaired) electrons. The zero-order chi connectivity index (χ0) is 14.4. The molecule has 1 aliphatic rings. The molecule has 2 N–H and O–H groups in total. The third kappa shape index (κ3) is 4.08. The second kappa shape index (κ2) is 7.08. The van der Waals surface area contributed by atoms with E-state index in [0.717, 1.165) is 18.4 Å². The van der Waals surface area contributed by atoms with Crippen LogP contribution in [0.25, 0.3) is 0 Å². The van der Waals surface area contributed by atoms with Gasteiger partial charge in [-0.25, -0.2) is 0 Å². The van der Waals surface area contributed by atoms with Gasteiger partial charge in [-0.3, -0.25) is 9.59 Å². The molecular formula is C16H22N2O2. The lowest BCUT2D eigenvalue weighted by molar-refractivity contribution is -0.121. The van der Waals surface area contributed by atoms with E-state index in [-0.39, 0.29) is 24.4 Å². The van der Waals surface area contributed by atoms with Gasteiger partial charge in [0.1, 0.15) is 0 Å². The fourth-order valence-corrected chi connectivity index (χ4v) is 2.61. The topological polar surface area (TPSA) is 58.2 Å². The van der Waals surface area contributed by atoms with Crippen LogP contribution in [0, 0.1) is 6.92 Å². The minimum absolute atomic E-state index is 0.0453. The molecule has 2 amide bonds. The van der Waals surface area contributed by atoms with Crippen LogP contribution in [-0.2, 0) is 4.79 Å². The van der Waals surface area contributed by atoms with E-state index in [4.69, 9.17) is 0 Å². The lowest BCUT2D eigenvalue weighted by Crippen LogP contribution is -2.42. The molecule has 1 aliphatic carbocycles. The van der Waals surface area contributed by atoms with Crippen LogP contribution in [0.5, 0.6) is 0 Å². The maximum absolute atomic E-state index is 12.0. The molecule has 0 bridgehead atoms. The van der Waals surface area contributed by atoms with Crippen molar-refractivity contribution in [3.8, 4) is 0 Å². The van der Waals surface area contributed by atoms with Crippen molar-refractivity contribution < 1.29 is 9.59 Å². The van der Waals surface area contributed by atoms with Crippen molar-refractivity contribution in [2.75, 3.05) is 6.54 Å². The number of carbonyl (C=O) groups excluding carboxylic acids is 2. The van der Waals surface area contributed by atoms with Gasteiger partial charge in [0.2, 0.25) is 5.91 Å². The van der Waals surface area contributed by atoms with Crippen molar-refractivity contribution in [1.82, 2.24) is 10.6 Å². The molecule has 0 heterocycles. The van der Waals surface area contributed by atoms with Crippen molar-refractivity contribution in [3.05, 3.63) is 35.4 Å². The average molecular weight is 274 g/mol. The van der Waals surface area contributed by atoms with E-state index in [9.17, 15) is 9.59 Å². The van der Waals surface area contributed by atoms with Crippen LogP contribution in [0.1, 0.15) is 48.0 Å². The molecule has 1 aromatic rings. The predicted molar refractivity (Wildman–Crippen MR) is 78.5 cm³/mol. The molecule has 0 spiro atoms. The van der Waals surface area contributed by atoms with Gasteiger partial charge in [0, 0.05) is 11.6 Å². The van der Waals surface area contributed by atoms with E-state index < -0.39 is 0 Å². The molecule has 1 saturated carbocycles. The number of hydrogen-bond donors (Lipinski definition) is 2. The van der Waals surface area contributed by atoms with Crippen LogP contribution in [0.3, 0.4) is 0 Å². The summed E-state index contributed by atoms with van der Waals surface area (Å²) in [5.41, 5.74) is 1.54. The SMILES string of the molecule is Cc1ccccc1C(=O)NCC(=O)NC1CCCCC1. The van der Waals surface area contributed by atoms with E-state index in [1.807, 2.05) is 25.1 Å². The van der Waals surface area contributed by atoms with Crippen molar-refractivity contribution in [2.24, 2.45) is 0 Å². The Kier molecular flexibility index (Phi) is 5.16. The van der Waals surface area contributed by atoms with Crippen LogP contribution in [0.2, 0.25) is 0 Å². The summed E-state index contributed by atoms with van der Waals surface area (Å²) in [6.45, 7) is 1.93. The number of amides is 2. The van der Waals surface area contributed by atoms with E-state index >= 15 is 0 Å². The fourth-order valence-electron chi connectivity index (χ4n) is 2.61. The Morgan fingerprint density at radius 3 is 2.55 bits per heavy atom. The first-order chi connectivity index (χ1) is 9.66. The van der Waals surface area contributed by atoms with Gasteiger partial charge in [0.25, 0.3) is 5.91 Å². The summed E-state index contributed by atoms with van der Waals surface area (Å²) < 4.78 is 0. The van der Waals surface area contributed by atoms with Crippen LogP contribution >= 0.6 is 0 Å². The molecule has 2 rings (SSSR count). The highest BCUT2D eigenvalue weighted by Crippen LogP contribution is 2.17. The van der Waals surface area contributed by atoms with Crippen molar-refractivity contribution in [1.29, 1.82) is 0 Å². The number of nitrogens with one attached hydrogen (secondary N) is 2. The number of benzene rings is 1. The first-order valence-electron chi connectivity index (χ1n) is 7.30. The second-order valence-electron chi connectivity index (χ2n) is 5.40. The van der Waals surface area contributed by atoms with Crippen LogP contribution in [0.4, 0.5) is 0 Å². The third-order valence-electron chi connectivity index (χ3n) is 3.77. The number of carbonyl (C=O) groups is 2. The second-order valence-corrected chi connectivity index (χ2v) is 5.40. The Labute approximate surface area is 119 Å². The molecule has 4 nitrogen and oxygen atoms in total. The van der Waals surface area contributed by atoms with E-state index in [1.54, 1.807) is 6.07 Å². The van der Waals surface area contributed by atoms with Gasteiger partial charge in [0.15, 0.2) is 0 Å². The van der Waals surface area contributed by atoms with Gasteiger partial charge in [-0.1, -0.05) is 37.5 Å². The van der Waals surface area contributed by atoms with E-state index in [0.29, 0.717) is 5.56 Å². The molecule has 1 fully saturated rings. The minimum Gasteiger partial charge on any atom is -0.352 e. The van der Waals surface area contributed by atoms with Crippen LogP contribution in [0.15, 0.2) is 24.3 Å². The number of hydrogen-bond acceptors (Lipinski definition) is 2. The molecule has 4 heteroatoms. The molecule has 20 heavy (non-hydrogen) atoms. The Morgan fingerprint density at radius 1 is 1.15 bits per heavy atom. The van der Waals surface area contributed by atoms with Crippen molar-refractivity contribution in [3.63, 3.8) is 0 Å². The van der Waals surface area contributed by atoms with Crippen LogP contribution < -0.4 is 10.6 Å².